The van der Waals surface area contributed by atoms with Gasteiger partial charge in [0.05, 0.1) is 12.2 Å². The maximum Gasteiger partial charge on any atom is 0.271 e. The van der Waals surface area contributed by atoms with Gasteiger partial charge in [-0.1, -0.05) is 29.8 Å². The number of hydrogen-bond donors (Lipinski definition) is 1. The first-order valence-electron chi connectivity index (χ1n) is 8.14. The summed E-state index contributed by atoms with van der Waals surface area (Å²) in [6.07, 6.45) is 3.62. The number of thiazole rings is 1. The Hall–Kier alpha value is -2.48. The number of hydrogen-bond acceptors (Lipinski definition) is 5. The predicted octanol–water partition coefficient (Wildman–Crippen LogP) is 4.78. The molecule has 0 fully saturated rings. The van der Waals surface area contributed by atoms with Crippen LogP contribution in [0.15, 0.2) is 59.6 Å². The van der Waals surface area contributed by atoms with E-state index in [0.29, 0.717) is 10.7 Å². The molecule has 1 unspecified atom stereocenters. The number of thiophene rings is 1. The summed E-state index contributed by atoms with van der Waals surface area (Å²) < 4.78 is 1.71. The number of benzene rings is 1. The van der Waals surface area contributed by atoms with Crippen LogP contribution >= 0.6 is 34.3 Å². The van der Waals surface area contributed by atoms with E-state index >= 15 is 0 Å². The Labute approximate surface area is 169 Å². The third-order valence-electron chi connectivity index (χ3n) is 4.00. The molecule has 3 aromatic heterocycles. The van der Waals surface area contributed by atoms with Gasteiger partial charge in [0, 0.05) is 34.1 Å². The van der Waals surface area contributed by atoms with Crippen LogP contribution in [0.1, 0.15) is 27.0 Å². The van der Waals surface area contributed by atoms with Crippen molar-refractivity contribution in [3.05, 3.63) is 80.7 Å². The second kappa shape index (κ2) is 7.64. The SMILES string of the molecule is Cn1cc(-c2nc(C(=O)NC(c3ccc(Cl)cc3)c3cccs3)cs2)cn1. The van der Waals surface area contributed by atoms with Gasteiger partial charge in [0.2, 0.25) is 0 Å². The van der Waals surface area contributed by atoms with Crippen LogP contribution in [0.5, 0.6) is 0 Å². The fourth-order valence-electron chi connectivity index (χ4n) is 2.68. The molecule has 1 N–H and O–H groups in total. The van der Waals surface area contributed by atoms with Crippen molar-refractivity contribution in [3.63, 3.8) is 0 Å². The molecule has 0 aliphatic rings. The quantitative estimate of drug-likeness (QED) is 0.511. The molecule has 1 amide bonds. The zero-order valence-electron chi connectivity index (χ0n) is 14.3. The van der Waals surface area contributed by atoms with Crippen LogP contribution in [0.4, 0.5) is 0 Å². The topological polar surface area (TPSA) is 59.8 Å². The van der Waals surface area contributed by atoms with Gasteiger partial charge in [0.15, 0.2) is 0 Å². The van der Waals surface area contributed by atoms with E-state index < -0.39 is 0 Å². The van der Waals surface area contributed by atoms with Crippen molar-refractivity contribution in [2.45, 2.75) is 6.04 Å². The number of rotatable bonds is 5. The zero-order chi connectivity index (χ0) is 18.8. The van der Waals surface area contributed by atoms with Gasteiger partial charge in [0.25, 0.3) is 5.91 Å². The maximum atomic E-state index is 12.8. The molecule has 3 heterocycles. The second-order valence-electron chi connectivity index (χ2n) is 5.91. The first-order valence-corrected chi connectivity index (χ1v) is 10.3. The van der Waals surface area contributed by atoms with Crippen LogP contribution in [0.2, 0.25) is 5.02 Å². The van der Waals surface area contributed by atoms with Crippen molar-refractivity contribution < 1.29 is 4.79 Å². The van der Waals surface area contributed by atoms with E-state index in [1.54, 1.807) is 27.6 Å². The van der Waals surface area contributed by atoms with Crippen LogP contribution in [-0.4, -0.2) is 20.7 Å². The summed E-state index contributed by atoms with van der Waals surface area (Å²) in [4.78, 5) is 18.4. The van der Waals surface area contributed by atoms with Crippen molar-refractivity contribution in [1.82, 2.24) is 20.1 Å². The van der Waals surface area contributed by atoms with Crippen molar-refractivity contribution in [2.24, 2.45) is 7.05 Å². The van der Waals surface area contributed by atoms with Gasteiger partial charge in [0.1, 0.15) is 10.7 Å². The molecule has 0 spiro atoms. The van der Waals surface area contributed by atoms with Gasteiger partial charge in [-0.05, 0) is 29.1 Å². The standard InChI is InChI=1S/C19H15ClN4OS2/c1-24-10-13(9-21-24)19-22-15(11-27-19)18(25)23-17(16-3-2-8-26-16)12-4-6-14(20)7-5-12/h2-11,17H,1H3,(H,23,25). The van der Waals surface area contributed by atoms with Crippen LogP contribution in [-0.2, 0) is 7.05 Å². The Morgan fingerprint density at radius 2 is 2.04 bits per heavy atom. The molecule has 0 aliphatic carbocycles. The van der Waals surface area contributed by atoms with Gasteiger partial charge in [-0.2, -0.15) is 5.10 Å². The highest BCUT2D eigenvalue weighted by molar-refractivity contribution is 7.13. The molecule has 0 saturated heterocycles. The lowest BCUT2D eigenvalue weighted by molar-refractivity contribution is 0.0939. The van der Waals surface area contributed by atoms with Crippen molar-refractivity contribution in [1.29, 1.82) is 0 Å². The summed E-state index contributed by atoms with van der Waals surface area (Å²) in [7, 11) is 1.85. The molecule has 0 radical (unpaired) electrons. The highest BCUT2D eigenvalue weighted by Gasteiger charge is 2.21. The van der Waals surface area contributed by atoms with E-state index in [2.05, 4.69) is 15.4 Å². The number of nitrogens with zero attached hydrogens (tertiary/aromatic N) is 3. The first-order chi connectivity index (χ1) is 13.1. The first kappa shape index (κ1) is 17.9. The molecular weight excluding hydrogens is 400 g/mol. The molecule has 4 aromatic rings. The lowest BCUT2D eigenvalue weighted by atomic mass is 10.1. The highest BCUT2D eigenvalue weighted by Crippen LogP contribution is 2.28. The number of carbonyl (C=O) groups is 1. The molecule has 0 bridgehead atoms. The molecule has 27 heavy (non-hydrogen) atoms. The Bertz CT molecular complexity index is 1050. The third kappa shape index (κ3) is 3.95. The summed E-state index contributed by atoms with van der Waals surface area (Å²) in [6, 6.07) is 11.2. The van der Waals surface area contributed by atoms with Crippen LogP contribution in [0.3, 0.4) is 0 Å². The summed E-state index contributed by atoms with van der Waals surface area (Å²) in [5.41, 5.74) is 2.27. The average molecular weight is 415 g/mol. The van der Waals surface area contributed by atoms with E-state index in [4.69, 9.17) is 11.6 Å². The van der Waals surface area contributed by atoms with Crippen LogP contribution in [0, 0.1) is 0 Å². The van der Waals surface area contributed by atoms with Gasteiger partial charge in [-0.3, -0.25) is 9.48 Å². The third-order valence-corrected chi connectivity index (χ3v) is 6.08. The van der Waals surface area contributed by atoms with E-state index in [1.165, 1.54) is 11.3 Å². The fraction of sp³-hybridized carbons (Fsp3) is 0.105. The summed E-state index contributed by atoms with van der Waals surface area (Å²) in [5, 5.41) is 12.4. The minimum atomic E-state index is -0.252. The van der Waals surface area contributed by atoms with E-state index in [-0.39, 0.29) is 11.9 Å². The molecule has 5 nitrogen and oxygen atoms in total. The lowest BCUT2D eigenvalue weighted by Crippen LogP contribution is -2.29. The Kier molecular flexibility index (Phi) is 5.07. The predicted molar refractivity (Wildman–Crippen MR) is 109 cm³/mol. The number of halogens is 1. The smallest absolute Gasteiger partial charge is 0.271 e. The van der Waals surface area contributed by atoms with Gasteiger partial charge in [-0.25, -0.2) is 4.98 Å². The molecule has 0 saturated carbocycles. The van der Waals surface area contributed by atoms with Gasteiger partial charge >= 0.3 is 0 Å². The molecular formula is C19H15ClN4OS2. The van der Waals surface area contributed by atoms with E-state index in [9.17, 15) is 4.79 Å². The van der Waals surface area contributed by atoms with E-state index in [0.717, 1.165) is 21.0 Å². The molecule has 8 heteroatoms. The summed E-state index contributed by atoms with van der Waals surface area (Å²) in [6.45, 7) is 0. The summed E-state index contributed by atoms with van der Waals surface area (Å²) in [5.74, 6) is -0.213. The zero-order valence-corrected chi connectivity index (χ0v) is 16.7. The van der Waals surface area contributed by atoms with Gasteiger partial charge in [-0.15, -0.1) is 22.7 Å². The maximum absolute atomic E-state index is 12.8. The van der Waals surface area contributed by atoms with Gasteiger partial charge < -0.3 is 5.32 Å². The average Bonchev–Trinajstić information content (AvgIpc) is 3.41. The monoisotopic (exact) mass is 414 g/mol. The lowest BCUT2D eigenvalue weighted by Gasteiger charge is -2.17. The van der Waals surface area contributed by atoms with Crippen LogP contribution < -0.4 is 5.32 Å². The Morgan fingerprint density at radius 3 is 2.70 bits per heavy atom. The number of aryl methyl sites for hydroxylation is 1. The number of nitrogens with one attached hydrogen (secondary N) is 1. The number of amides is 1. The molecule has 1 aromatic carbocycles. The molecule has 136 valence electrons. The van der Waals surface area contributed by atoms with Crippen molar-refractivity contribution in [2.75, 3.05) is 0 Å². The Morgan fingerprint density at radius 1 is 1.22 bits per heavy atom. The molecule has 1 atom stereocenters. The number of carbonyl (C=O) groups excluding carboxylic acids is 1. The second-order valence-corrected chi connectivity index (χ2v) is 8.19. The van der Waals surface area contributed by atoms with E-state index in [1.807, 2.05) is 55.0 Å². The normalized spacial score (nSPS) is 12.1. The Balaban J connectivity index is 1.59. The molecule has 0 aliphatic heterocycles. The minimum absolute atomic E-state index is 0.213. The largest absolute Gasteiger partial charge is 0.339 e. The number of aromatic nitrogens is 3. The van der Waals surface area contributed by atoms with Crippen LogP contribution in [0.25, 0.3) is 10.6 Å². The highest BCUT2D eigenvalue weighted by atomic mass is 35.5. The fourth-order valence-corrected chi connectivity index (χ4v) is 4.38. The summed E-state index contributed by atoms with van der Waals surface area (Å²) >= 11 is 9.03. The van der Waals surface area contributed by atoms with Crippen molar-refractivity contribution in [3.8, 4) is 10.6 Å². The molecule has 4 rings (SSSR count). The van der Waals surface area contributed by atoms with Crippen molar-refractivity contribution >= 4 is 40.2 Å². The minimum Gasteiger partial charge on any atom is -0.339 e.